The monoisotopic (exact) mass is 225 g/mol. The molecule has 0 radical (unpaired) electrons. The van der Waals surface area contributed by atoms with Crippen molar-refractivity contribution in [2.75, 3.05) is 6.54 Å². The SMILES string of the molecule is NC(=S)NCCc1ccc([N+](=O)[O-])cc1. The Kier molecular flexibility index (Phi) is 3.99. The molecule has 0 saturated heterocycles. The minimum absolute atomic E-state index is 0.0982. The summed E-state index contributed by atoms with van der Waals surface area (Å²) in [5, 5.41) is 13.4. The first kappa shape index (κ1) is 11.4. The molecule has 0 saturated carbocycles. The van der Waals surface area contributed by atoms with E-state index in [0.29, 0.717) is 6.54 Å². The summed E-state index contributed by atoms with van der Waals surface area (Å²) in [6.45, 7) is 0.632. The van der Waals surface area contributed by atoms with Gasteiger partial charge >= 0.3 is 0 Å². The van der Waals surface area contributed by atoms with Crippen molar-refractivity contribution in [3.63, 3.8) is 0 Å². The van der Waals surface area contributed by atoms with Gasteiger partial charge in [-0.1, -0.05) is 12.1 Å². The maximum absolute atomic E-state index is 10.4. The number of non-ortho nitro benzene ring substituents is 1. The molecule has 1 aromatic carbocycles. The largest absolute Gasteiger partial charge is 0.376 e. The number of nitro groups is 1. The van der Waals surface area contributed by atoms with E-state index in [4.69, 9.17) is 5.73 Å². The summed E-state index contributed by atoms with van der Waals surface area (Å²) >= 11 is 4.64. The number of hydrogen-bond donors (Lipinski definition) is 2. The zero-order valence-corrected chi connectivity index (χ0v) is 8.79. The molecule has 0 bridgehead atoms. The molecule has 0 aliphatic carbocycles. The summed E-state index contributed by atoms with van der Waals surface area (Å²) in [5.41, 5.74) is 6.35. The number of nitrogens with two attached hydrogens (primary N) is 1. The van der Waals surface area contributed by atoms with Crippen LogP contribution in [0.5, 0.6) is 0 Å². The lowest BCUT2D eigenvalue weighted by atomic mass is 10.1. The topological polar surface area (TPSA) is 81.2 Å². The van der Waals surface area contributed by atoms with Crippen LogP contribution in [0.1, 0.15) is 5.56 Å². The van der Waals surface area contributed by atoms with Crippen molar-refractivity contribution in [1.82, 2.24) is 5.32 Å². The van der Waals surface area contributed by atoms with Gasteiger partial charge in [0.05, 0.1) is 4.92 Å². The lowest BCUT2D eigenvalue weighted by Gasteiger charge is -2.03. The van der Waals surface area contributed by atoms with E-state index in [0.717, 1.165) is 12.0 Å². The predicted molar refractivity (Wildman–Crippen MR) is 61.6 cm³/mol. The Morgan fingerprint density at radius 2 is 2.07 bits per heavy atom. The van der Waals surface area contributed by atoms with Crippen LogP contribution in [0.25, 0.3) is 0 Å². The third kappa shape index (κ3) is 3.90. The van der Waals surface area contributed by atoms with Gasteiger partial charge in [-0.15, -0.1) is 0 Å². The highest BCUT2D eigenvalue weighted by atomic mass is 32.1. The van der Waals surface area contributed by atoms with E-state index in [9.17, 15) is 10.1 Å². The molecule has 0 atom stereocenters. The van der Waals surface area contributed by atoms with E-state index >= 15 is 0 Å². The maximum Gasteiger partial charge on any atom is 0.269 e. The van der Waals surface area contributed by atoms with E-state index < -0.39 is 4.92 Å². The van der Waals surface area contributed by atoms with Gasteiger partial charge in [-0.2, -0.15) is 0 Å². The van der Waals surface area contributed by atoms with E-state index in [1.54, 1.807) is 12.1 Å². The Labute approximate surface area is 92.4 Å². The second kappa shape index (κ2) is 5.26. The lowest BCUT2D eigenvalue weighted by molar-refractivity contribution is -0.384. The molecule has 1 aromatic rings. The molecule has 0 aromatic heterocycles. The number of rotatable bonds is 4. The van der Waals surface area contributed by atoms with Gasteiger partial charge in [-0.3, -0.25) is 10.1 Å². The number of nitrogens with zero attached hydrogens (tertiary/aromatic N) is 1. The second-order valence-corrected chi connectivity index (χ2v) is 3.40. The van der Waals surface area contributed by atoms with E-state index in [2.05, 4.69) is 17.5 Å². The van der Waals surface area contributed by atoms with Crippen molar-refractivity contribution < 1.29 is 4.92 Å². The summed E-state index contributed by atoms with van der Waals surface area (Å²) in [4.78, 5) is 9.96. The number of nitrogens with one attached hydrogen (secondary N) is 1. The van der Waals surface area contributed by atoms with Gasteiger partial charge in [-0.25, -0.2) is 0 Å². The van der Waals surface area contributed by atoms with Crippen LogP contribution in [0, 0.1) is 10.1 Å². The quantitative estimate of drug-likeness (QED) is 0.453. The first-order valence-corrected chi connectivity index (χ1v) is 4.77. The third-order valence-electron chi connectivity index (χ3n) is 1.86. The second-order valence-electron chi connectivity index (χ2n) is 2.96. The summed E-state index contributed by atoms with van der Waals surface area (Å²) in [5.74, 6) is 0. The molecule has 0 aliphatic heterocycles. The Hall–Kier alpha value is -1.69. The maximum atomic E-state index is 10.4. The van der Waals surface area contributed by atoms with E-state index in [-0.39, 0.29) is 10.8 Å². The van der Waals surface area contributed by atoms with Crippen LogP contribution in [-0.2, 0) is 6.42 Å². The highest BCUT2D eigenvalue weighted by Gasteiger charge is 2.03. The van der Waals surface area contributed by atoms with Gasteiger partial charge < -0.3 is 11.1 Å². The van der Waals surface area contributed by atoms with Gasteiger partial charge in [-0.05, 0) is 24.2 Å². The number of nitro benzene ring substituents is 1. The van der Waals surface area contributed by atoms with Crippen LogP contribution in [0.15, 0.2) is 24.3 Å². The van der Waals surface area contributed by atoms with Crippen LogP contribution < -0.4 is 11.1 Å². The number of benzene rings is 1. The summed E-state index contributed by atoms with van der Waals surface area (Å²) in [7, 11) is 0. The lowest BCUT2D eigenvalue weighted by Crippen LogP contribution is -2.30. The fourth-order valence-electron chi connectivity index (χ4n) is 1.11. The average molecular weight is 225 g/mol. The summed E-state index contributed by atoms with van der Waals surface area (Å²) in [6, 6.07) is 6.41. The molecule has 0 spiro atoms. The Balaban J connectivity index is 2.50. The van der Waals surface area contributed by atoms with Crippen molar-refractivity contribution in [3.05, 3.63) is 39.9 Å². The summed E-state index contributed by atoms with van der Waals surface area (Å²) in [6.07, 6.45) is 0.731. The Morgan fingerprint density at radius 3 is 2.53 bits per heavy atom. The molecule has 80 valence electrons. The average Bonchev–Trinajstić information content (AvgIpc) is 2.18. The van der Waals surface area contributed by atoms with Crippen molar-refractivity contribution >= 4 is 23.0 Å². The van der Waals surface area contributed by atoms with Gasteiger partial charge in [0, 0.05) is 18.7 Å². The fraction of sp³-hybridized carbons (Fsp3) is 0.222. The predicted octanol–water partition coefficient (Wildman–Crippen LogP) is 0.971. The number of thiocarbonyl (C=S) groups is 1. The molecule has 0 unspecified atom stereocenters. The number of hydrogen-bond acceptors (Lipinski definition) is 3. The Morgan fingerprint density at radius 1 is 1.47 bits per heavy atom. The zero-order chi connectivity index (χ0) is 11.3. The van der Waals surface area contributed by atoms with Crippen LogP contribution in [-0.4, -0.2) is 16.6 Å². The van der Waals surface area contributed by atoms with Gasteiger partial charge in [0.2, 0.25) is 0 Å². The van der Waals surface area contributed by atoms with Crippen molar-refractivity contribution in [2.45, 2.75) is 6.42 Å². The molecule has 0 aliphatic rings. The highest BCUT2D eigenvalue weighted by Crippen LogP contribution is 2.11. The normalized spacial score (nSPS) is 9.60. The first-order chi connectivity index (χ1) is 7.09. The van der Waals surface area contributed by atoms with Crippen LogP contribution in [0.3, 0.4) is 0 Å². The molecular formula is C9H11N3O2S. The highest BCUT2D eigenvalue weighted by molar-refractivity contribution is 7.80. The molecule has 3 N–H and O–H groups in total. The van der Waals surface area contributed by atoms with Gasteiger partial charge in [0.25, 0.3) is 5.69 Å². The third-order valence-corrected chi connectivity index (χ3v) is 2.00. The molecule has 0 fully saturated rings. The smallest absolute Gasteiger partial charge is 0.269 e. The summed E-state index contributed by atoms with van der Waals surface area (Å²) < 4.78 is 0. The van der Waals surface area contributed by atoms with Crippen LogP contribution in [0.4, 0.5) is 5.69 Å². The zero-order valence-electron chi connectivity index (χ0n) is 7.97. The van der Waals surface area contributed by atoms with Crippen molar-refractivity contribution in [3.8, 4) is 0 Å². The van der Waals surface area contributed by atoms with Gasteiger partial charge in [0.15, 0.2) is 5.11 Å². The van der Waals surface area contributed by atoms with Gasteiger partial charge in [0.1, 0.15) is 0 Å². The first-order valence-electron chi connectivity index (χ1n) is 4.36. The molecule has 5 nitrogen and oxygen atoms in total. The van der Waals surface area contributed by atoms with Crippen LogP contribution in [0.2, 0.25) is 0 Å². The fourth-order valence-corrected chi connectivity index (χ4v) is 1.22. The molecular weight excluding hydrogens is 214 g/mol. The standard InChI is InChI=1S/C9H11N3O2S/c10-9(15)11-6-5-7-1-3-8(4-2-7)12(13)14/h1-4H,5-6H2,(H3,10,11,15). The molecule has 6 heteroatoms. The molecule has 1 rings (SSSR count). The minimum Gasteiger partial charge on any atom is -0.376 e. The minimum atomic E-state index is -0.420. The molecule has 0 amide bonds. The molecule has 0 heterocycles. The molecule has 15 heavy (non-hydrogen) atoms. The van der Waals surface area contributed by atoms with E-state index in [1.807, 2.05) is 0 Å². The van der Waals surface area contributed by atoms with Crippen molar-refractivity contribution in [1.29, 1.82) is 0 Å². The van der Waals surface area contributed by atoms with Crippen LogP contribution >= 0.6 is 12.2 Å². The van der Waals surface area contributed by atoms with Crippen molar-refractivity contribution in [2.24, 2.45) is 5.73 Å². The van der Waals surface area contributed by atoms with E-state index in [1.165, 1.54) is 12.1 Å². The Bertz CT molecular complexity index is 364.